The predicted molar refractivity (Wildman–Crippen MR) is 69.6 cm³/mol. The Bertz CT molecular complexity index is 369. The maximum Gasteiger partial charge on any atom is 0.0375 e. The van der Waals surface area contributed by atoms with Gasteiger partial charge in [-0.2, -0.15) is 0 Å². The zero-order chi connectivity index (χ0) is 12.0. The molecule has 1 heteroatoms. The third kappa shape index (κ3) is 4.74. The third-order valence-electron chi connectivity index (χ3n) is 2.23. The summed E-state index contributed by atoms with van der Waals surface area (Å²) in [5.41, 5.74) is 5.04. The van der Waals surface area contributed by atoms with E-state index in [-0.39, 0.29) is 0 Å². The van der Waals surface area contributed by atoms with Gasteiger partial charge in [-0.15, -0.1) is 0 Å². The van der Waals surface area contributed by atoms with Gasteiger partial charge >= 0.3 is 0 Å². The molecule has 0 radical (unpaired) electrons. The molecule has 0 aliphatic rings. The van der Waals surface area contributed by atoms with E-state index in [1.807, 2.05) is 19.2 Å². The van der Waals surface area contributed by atoms with Gasteiger partial charge in [-0.05, 0) is 45.4 Å². The quantitative estimate of drug-likeness (QED) is 0.644. The van der Waals surface area contributed by atoms with Crippen molar-refractivity contribution in [2.45, 2.75) is 27.7 Å². The lowest BCUT2D eigenvalue weighted by molar-refractivity contribution is 1.18. The molecule has 0 aliphatic heterocycles. The van der Waals surface area contributed by atoms with Crippen molar-refractivity contribution in [3.63, 3.8) is 0 Å². The Hall–Kier alpha value is -1.63. The summed E-state index contributed by atoms with van der Waals surface area (Å²) in [6, 6.07) is 12.5. The molecule has 2 aromatic rings. The molecule has 0 N–H and O–H groups in total. The summed E-state index contributed by atoms with van der Waals surface area (Å²) in [6.07, 6.45) is 1.82. The van der Waals surface area contributed by atoms with Gasteiger partial charge in [0.05, 0.1) is 0 Å². The van der Waals surface area contributed by atoms with Crippen molar-refractivity contribution >= 4 is 0 Å². The Morgan fingerprint density at radius 1 is 0.750 bits per heavy atom. The van der Waals surface area contributed by atoms with Crippen LogP contribution in [0, 0.1) is 27.7 Å². The number of rotatable bonds is 0. The average Bonchev–Trinajstić information content (AvgIpc) is 2.17. The van der Waals surface area contributed by atoms with Crippen molar-refractivity contribution in [3.05, 3.63) is 65.0 Å². The van der Waals surface area contributed by atoms with Crippen molar-refractivity contribution in [2.24, 2.45) is 0 Å². The van der Waals surface area contributed by atoms with E-state index < -0.39 is 0 Å². The lowest BCUT2D eigenvalue weighted by Gasteiger charge is -1.90. The van der Waals surface area contributed by atoms with Gasteiger partial charge in [-0.1, -0.05) is 35.4 Å². The highest BCUT2D eigenvalue weighted by Crippen LogP contribution is 2.00. The van der Waals surface area contributed by atoms with E-state index in [1.54, 1.807) is 0 Å². The number of benzene rings is 1. The molecule has 1 heterocycles. The van der Waals surface area contributed by atoms with Crippen LogP contribution in [0.15, 0.2) is 42.6 Å². The van der Waals surface area contributed by atoms with E-state index in [0.29, 0.717) is 0 Å². The Labute approximate surface area is 98.2 Å². The summed E-state index contributed by atoms with van der Waals surface area (Å²) >= 11 is 0. The predicted octanol–water partition coefficient (Wildman–Crippen LogP) is 4.00. The number of pyridine rings is 1. The van der Waals surface area contributed by atoms with Gasteiger partial charge in [0.15, 0.2) is 0 Å². The van der Waals surface area contributed by atoms with Gasteiger partial charge in [0.1, 0.15) is 0 Å². The Morgan fingerprint density at radius 2 is 1.31 bits per heavy atom. The van der Waals surface area contributed by atoms with Crippen LogP contribution in [0.4, 0.5) is 0 Å². The zero-order valence-corrected chi connectivity index (χ0v) is 10.5. The molecule has 84 valence electrons. The van der Waals surface area contributed by atoms with E-state index in [1.165, 1.54) is 16.7 Å². The molecule has 1 aromatic heterocycles. The molecule has 0 fully saturated rings. The number of aryl methyl sites for hydroxylation is 4. The van der Waals surface area contributed by atoms with E-state index in [4.69, 9.17) is 0 Å². The minimum absolute atomic E-state index is 1.09. The highest BCUT2D eigenvalue weighted by molar-refractivity contribution is 5.20. The van der Waals surface area contributed by atoms with Gasteiger partial charge in [0.2, 0.25) is 0 Å². The first-order valence-electron chi connectivity index (χ1n) is 5.50. The maximum absolute atomic E-state index is 4.04. The van der Waals surface area contributed by atoms with Crippen LogP contribution in [-0.2, 0) is 0 Å². The fourth-order valence-electron chi connectivity index (χ4n) is 1.49. The maximum atomic E-state index is 4.04. The van der Waals surface area contributed by atoms with Crippen LogP contribution in [-0.4, -0.2) is 4.98 Å². The molecule has 16 heavy (non-hydrogen) atoms. The Balaban J connectivity index is 0.000000160. The summed E-state index contributed by atoms with van der Waals surface area (Å²) in [7, 11) is 0. The van der Waals surface area contributed by atoms with Gasteiger partial charge in [0.25, 0.3) is 0 Å². The largest absolute Gasteiger partial charge is 0.262 e. The zero-order valence-electron chi connectivity index (χ0n) is 10.5. The van der Waals surface area contributed by atoms with E-state index >= 15 is 0 Å². The van der Waals surface area contributed by atoms with Crippen LogP contribution in [0.2, 0.25) is 0 Å². The molecule has 0 aliphatic carbocycles. The first-order chi connectivity index (χ1) is 7.58. The minimum atomic E-state index is 1.09. The van der Waals surface area contributed by atoms with E-state index in [9.17, 15) is 0 Å². The molecule has 0 amide bonds. The highest BCUT2D eigenvalue weighted by Gasteiger charge is 1.82. The van der Waals surface area contributed by atoms with Crippen molar-refractivity contribution in [3.8, 4) is 0 Å². The lowest BCUT2D eigenvalue weighted by atomic mass is 10.2. The van der Waals surface area contributed by atoms with Crippen molar-refractivity contribution < 1.29 is 0 Å². The SMILES string of the molecule is Cc1cccc(C)c1.Cc1ccnc(C)c1. The molecular formula is C15H19N. The molecule has 0 saturated carbocycles. The van der Waals surface area contributed by atoms with Crippen molar-refractivity contribution in [1.29, 1.82) is 0 Å². The Kier molecular flexibility index (Phi) is 4.71. The second-order valence-electron chi connectivity index (χ2n) is 4.13. The normalized spacial score (nSPS) is 9.25. The van der Waals surface area contributed by atoms with Crippen LogP contribution in [0.5, 0.6) is 0 Å². The van der Waals surface area contributed by atoms with E-state index in [2.05, 4.69) is 56.1 Å². The second kappa shape index (κ2) is 6.06. The molecule has 0 bridgehead atoms. The Morgan fingerprint density at radius 3 is 1.62 bits per heavy atom. The summed E-state index contributed by atoms with van der Waals surface area (Å²) in [6.45, 7) is 8.27. The number of hydrogen-bond acceptors (Lipinski definition) is 1. The summed E-state index contributed by atoms with van der Waals surface area (Å²) < 4.78 is 0. The number of aromatic nitrogens is 1. The number of nitrogens with zero attached hydrogens (tertiary/aromatic N) is 1. The average molecular weight is 213 g/mol. The van der Waals surface area contributed by atoms with Crippen molar-refractivity contribution in [2.75, 3.05) is 0 Å². The topological polar surface area (TPSA) is 12.9 Å². The van der Waals surface area contributed by atoms with Gasteiger partial charge in [-0.3, -0.25) is 4.98 Å². The molecule has 1 aromatic carbocycles. The monoisotopic (exact) mass is 213 g/mol. The highest BCUT2D eigenvalue weighted by atomic mass is 14.6. The van der Waals surface area contributed by atoms with Crippen LogP contribution in [0.3, 0.4) is 0 Å². The van der Waals surface area contributed by atoms with E-state index in [0.717, 1.165) is 5.69 Å². The molecule has 2 rings (SSSR count). The second-order valence-corrected chi connectivity index (χ2v) is 4.13. The fraction of sp³-hybridized carbons (Fsp3) is 0.267. The molecule has 0 spiro atoms. The third-order valence-corrected chi connectivity index (χ3v) is 2.23. The smallest absolute Gasteiger partial charge is 0.0375 e. The van der Waals surface area contributed by atoms with Gasteiger partial charge in [-0.25, -0.2) is 0 Å². The number of hydrogen-bond donors (Lipinski definition) is 0. The van der Waals surface area contributed by atoms with Crippen LogP contribution in [0.25, 0.3) is 0 Å². The molecule has 0 saturated heterocycles. The summed E-state index contributed by atoms with van der Waals surface area (Å²) in [4.78, 5) is 4.04. The van der Waals surface area contributed by atoms with Crippen molar-refractivity contribution in [1.82, 2.24) is 4.98 Å². The van der Waals surface area contributed by atoms with Gasteiger partial charge < -0.3 is 0 Å². The van der Waals surface area contributed by atoms with Crippen LogP contribution in [0.1, 0.15) is 22.4 Å². The fourth-order valence-corrected chi connectivity index (χ4v) is 1.49. The summed E-state index contributed by atoms with van der Waals surface area (Å²) in [5.74, 6) is 0. The molecule has 1 nitrogen and oxygen atoms in total. The standard InChI is InChI=1S/C8H10.C7H9N/c1-7-4-3-5-8(2)6-7;1-6-3-4-8-7(2)5-6/h3-6H,1-2H3;3-5H,1-2H3. The van der Waals surface area contributed by atoms with Gasteiger partial charge in [0, 0.05) is 11.9 Å². The minimum Gasteiger partial charge on any atom is -0.262 e. The molecule has 0 unspecified atom stereocenters. The molecule has 0 atom stereocenters. The lowest BCUT2D eigenvalue weighted by Crippen LogP contribution is -1.78. The van der Waals surface area contributed by atoms with Crippen LogP contribution >= 0.6 is 0 Å². The first kappa shape index (κ1) is 12.4. The van der Waals surface area contributed by atoms with Crippen LogP contribution < -0.4 is 0 Å². The molecular weight excluding hydrogens is 194 g/mol. The summed E-state index contributed by atoms with van der Waals surface area (Å²) in [5, 5.41) is 0. The first-order valence-corrected chi connectivity index (χ1v) is 5.50.